The van der Waals surface area contributed by atoms with Crippen LogP contribution < -0.4 is 4.72 Å². The maximum absolute atomic E-state index is 13.1. The van der Waals surface area contributed by atoms with Crippen LogP contribution in [0.5, 0.6) is 0 Å². The SMILES string of the molecule is CC(C)(CNS(=O)(=O)Cc1ccon1)c1ccc(F)cc1Cl. The van der Waals surface area contributed by atoms with Crippen molar-refractivity contribution in [2.45, 2.75) is 25.0 Å². The van der Waals surface area contributed by atoms with Gasteiger partial charge < -0.3 is 4.52 Å². The third-order valence-electron chi connectivity index (χ3n) is 3.22. The molecule has 0 bridgehead atoms. The van der Waals surface area contributed by atoms with Gasteiger partial charge in [0.2, 0.25) is 10.0 Å². The fraction of sp³-hybridized carbons (Fsp3) is 0.357. The normalized spacial score (nSPS) is 12.5. The monoisotopic (exact) mass is 346 g/mol. The predicted molar refractivity (Wildman–Crippen MR) is 81.6 cm³/mol. The lowest BCUT2D eigenvalue weighted by Gasteiger charge is -2.26. The van der Waals surface area contributed by atoms with E-state index in [4.69, 9.17) is 11.6 Å². The third kappa shape index (κ3) is 4.28. The van der Waals surface area contributed by atoms with Gasteiger partial charge in [0.15, 0.2) is 0 Å². The van der Waals surface area contributed by atoms with Crippen LogP contribution in [0.25, 0.3) is 0 Å². The van der Waals surface area contributed by atoms with Gasteiger partial charge >= 0.3 is 0 Å². The number of hydrogen-bond donors (Lipinski definition) is 1. The van der Waals surface area contributed by atoms with Crippen molar-refractivity contribution in [3.05, 3.63) is 52.6 Å². The molecule has 0 saturated carbocycles. The van der Waals surface area contributed by atoms with E-state index in [-0.39, 0.29) is 17.3 Å². The molecule has 0 aliphatic heterocycles. The van der Waals surface area contributed by atoms with E-state index in [1.807, 2.05) is 13.8 Å². The van der Waals surface area contributed by atoms with Crippen LogP contribution in [0.2, 0.25) is 5.02 Å². The summed E-state index contributed by atoms with van der Waals surface area (Å²) in [6.07, 6.45) is 1.31. The quantitative estimate of drug-likeness (QED) is 0.873. The maximum atomic E-state index is 13.1. The molecule has 0 aliphatic rings. The van der Waals surface area contributed by atoms with E-state index in [2.05, 4.69) is 14.4 Å². The number of halogens is 2. The molecule has 2 aromatic rings. The molecule has 8 heteroatoms. The number of aromatic nitrogens is 1. The van der Waals surface area contributed by atoms with Crippen molar-refractivity contribution in [1.29, 1.82) is 0 Å². The smallest absolute Gasteiger partial charge is 0.217 e. The first-order chi connectivity index (χ1) is 10.2. The van der Waals surface area contributed by atoms with E-state index >= 15 is 0 Å². The predicted octanol–water partition coefficient (Wildman–Crippen LogP) is 2.86. The van der Waals surface area contributed by atoms with Crippen LogP contribution in [-0.4, -0.2) is 20.1 Å². The fourth-order valence-electron chi connectivity index (χ4n) is 1.98. The van der Waals surface area contributed by atoms with Gasteiger partial charge in [0.05, 0.1) is 5.69 Å². The molecular weight excluding hydrogens is 331 g/mol. The molecule has 22 heavy (non-hydrogen) atoms. The van der Waals surface area contributed by atoms with Gasteiger partial charge in [0.25, 0.3) is 0 Å². The molecule has 1 aromatic heterocycles. The van der Waals surface area contributed by atoms with Gasteiger partial charge in [0, 0.05) is 23.0 Å². The van der Waals surface area contributed by atoms with Crippen molar-refractivity contribution < 1.29 is 17.3 Å². The molecule has 1 N–H and O–H groups in total. The Bertz CT molecular complexity index is 745. The fourth-order valence-corrected chi connectivity index (χ4v) is 3.63. The summed E-state index contributed by atoms with van der Waals surface area (Å²) >= 11 is 6.04. The largest absolute Gasteiger partial charge is 0.364 e. The maximum Gasteiger partial charge on any atom is 0.217 e. The Balaban J connectivity index is 2.08. The molecule has 0 fully saturated rings. The zero-order valence-electron chi connectivity index (χ0n) is 12.1. The summed E-state index contributed by atoms with van der Waals surface area (Å²) in [7, 11) is -3.56. The molecular formula is C14H16ClFN2O3S. The number of sulfonamides is 1. The van der Waals surface area contributed by atoms with E-state index in [1.165, 1.54) is 24.5 Å². The molecule has 5 nitrogen and oxygen atoms in total. The Labute approximate surface area is 133 Å². The number of rotatable bonds is 6. The van der Waals surface area contributed by atoms with Gasteiger partial charge in [-0.1, -0.05) is 36.7 Å². The minimum Gasteiger partial charge on any atom is -0.364 e. The Hall–Kier alpha value is -1.44. The minimum absolute atomic E-state index is 0.124. The first-order valence-electron chi connectivity index (χ1n) is 6.52. The van der Waals surface area contributed by atoms with E-state index in [0.717, 1.165) is 0 Å². The topological polar surface area (TPSA) is 72.2 Å². The van der Waals surface area contributed by atoms with Crippen molar-refractivity contribution >= 4 is 21.6 Å². The average Bonchev–Trinajstić information content (AvgIpc) is 2.88. The summed E-state index contributed by atoms with van der Waals surface area (Å²) in [5.74, 6) is -0.701. The van der Waals surface area contributed by atoms with Crippen molar-refractivity contribution in [3.63, 3.8) is 0 Å². The standard InChI is InChI=1S/C14H16ClFN2O3S/c1-14(2,12-4-3-10(16)7-13(12)15)9-17-22(19,20)8-11-5-6-21-18-11/h3-7,17H,8-9H2,1-2H3. The first-order valence-corrected chi connectivity index (χ1v) is 8.55. The van der Waals surface area contributed by atoms with E-state index in [1.54, 1.807) is 6.07 Å². The molecule has 1 heterocycles. The third-order valence-corrected chi connectivity index (χ3v) is 4.80. The molecule has 0 atom stereocenters. The van der Waals surface area contributed by atoms with E-state index < -0.39 is 21.3 Å². The molecule has 2 rings (SSSR count). The van der Waals surface area contributed by atoms with Gasteiger partial charge in [0.1, 0.15) is 17.8 Å². The van der Waals surface area contributed by atoms with Gasteiger partial charge in [-0.05, 0) is 17.7 Å². The van der Waals surface area contributed by atoms with Crippen LogP contribution in [0.1, 0.15) is 25.1 Å². The second-order valence-electron chi connectivity index (χ2n) is 5.58. The second-order valence-corrected chi connectivity index (χ2v) is 7.79. The lowest BCUT2D eigenvalue weighted by atomic mass is 9.85. The van der Waals surface area contributed by atoms with Gasteiger partial charge in [-0.15, -0.1) is 0 Å². The summed E-state index contributed by atoms with van der Waals surface area (Å²) in [5, 5.41) is 3.84. The molecule has 0 amide bonds. The molecule has 1 aromatic carbocycles. The highest BCUT2D eigenvalue weighted by Crippen LogP contribution is 2.30. The highest BCUT2D eigenvalue weighted by Gasteiger charge is 2.26. The first kappa shape index (κ1) is 16.9. The highest BCUT2D eigenvalue weighted by atomic mass is 35.5. The Morgan fingerprint density at radius 2 is 2.09 bits per heavy atom. The number of nitrogens with zero attached hydrogens (tertiary/aromatic N) is 1. The van der Waals surface area contributed by atoms with Crippen LogP contribution in [0.4, 0.5) is 4.39 Å². The number of hydrogen-bond acceptors (Lipinski definition) is 4. The van der Waals surface area contributed by atoms with Crippen molar-refractivity contribution in [1.82, 2.24) is 9.88 Å². The summed E-state index contributed by atoms with van der Waals surface area (Å²) < 4.78 is 44.3. The Morgan fingerprint density at radius 1 is 1.36 bits per heavy atom. The van der Waals surface area contributed by atoms with Crippen molar-refractivity contribution in [3.8, 4) is 0 Å². The summed E-state index contributed by atoms with van der Waals surface area (Å²) in [4.78, 5) is 0. The van der Waals surface area contributed by atoms with E-state index in [0.29, 0.717) is 11.3 Å². The zero-order valence-corrected chi connectivity index (χ0v) is 13.7. The average molecular weight is 347 g/mol. The number of benzene rings is 1. The van der Waals surface area contributed by atoms with Crippen LogP contribution >= 0.6 is 11.6 Å². The van der Waals surface area contributed by atoms with Gasteiger partial charge in [-0.3, -0.25) is 0 Å². The van der Waals surface area contributed by atoms with E-state index in [9.17, 15) is 12.8 Å². The number of nitrogens with one attached hydrogen (secondary N) is 1. The summed E-state index contributed by atoms with van der Waals surface area (Å²) in [6.45, 7) is 3.77. The Morgan fingerprint density at radius 3 is 2.68 bits per heavy atom. The van der Waals surface area contributed by atoms with Crippen LogP contribution in [0, 0.1) is 5.82 Å². The molecule has 0 aliphatic carbocycles. The molecule has 0 unspecified atom stereocenters. The Kier molecular flexibility index (Phi) is 4.89. The van der Waals surface area contributed by atoms with Crippen LogP contribution in [0.3, 0.4) is 0 Å². The van der Waals surface area contributed by atoms with Crippen molar-refractivity contribution in [2.24, 2.45) is 0 Å². The minimum atomic E-state index is -3.56. The van der Waals surface area contributed by atoms with Crippen molar-refractivity contribution in [2.75, 3.05) is 6.54 Å². The molecule has 0 spiro atoms. The molecule has 0 saturated heterocycles. The lowest BCUT2D eigenvalue weighted by Crippen LogP contribution is -2.37. The lowest BCUT2D eigenvalue weighted by molar-refractivity contribution is 0.413. The summed E-state index contributed by atoms with van der Waals surface area (Å²) in [6, 6.07) is 5.56. The highest BCUT2D eigenvalue weighted by molar-refractivity contribution is 7.88. The van der Waals surface area contributed by atoms with Crippen LogP contribution in [0.15, 0.2) is 35.1 Å². The zero-order chi connectivity index (χ0) is 16.4. The van der Waals surface area contributed by atoms with Crippen LogP contribution in [-0.2, 0) is 21.2 Å². The molecule has 0 radical (unpaired) electrons. The second kappa shape index (κ2) is 6.36. The molecule has 120 valence electrons. The summed E-state index contributed by atoms with van der Waals surface area (Å²) in [5.41, 5.74) is 0.395. The van der Waals surface area contributed by atoms with Gasteiger partial charge in [-0.2, -0.15) is 0 Å². The van der Waals surface area contributed by atoms with Gasteiger partial charge in [-0.25, -0.2) is 17.5 Å².